The highest BCUT2D eigenvalue weighted by Crippen LogP contribution is 2.32. The van der Waals surface area contributed by atoms with Gasteiger partial charge in [-0.2, -0.15) is 0 Å². The molecule has 4 rings (SSSR count). The van der Waals surface area contributed by atoms with Gasteiger partial charge in [-0.05, 0) is 0 Å². The van der Waals surface area contributed by atoms with Gasteiger partial charge in [0.25, 0.3) is 0 Å². The first-order chi connectivity index (χ1) is 17.2. The first-order valence-electron chi connectivity index (χ1n) is 11.2. The molecule has 0 unspecified atom stereocenters. The average Bonchev–Trinajstić information content (AvgIpc) is 3.58. The molecular weight excluding hydrogens is 617 g/mol. The molecule has 0 aromatic carbocycles. The Hall–Kier alpha value is 0.680. The standard InChI is InChI=1S/4C5H9NOS2/c4*1-4(7)6-5-2-8-9-3-5/h4*5H,2-3H2,1H3,(H,6,7). The summed E-state index contributed by atoms with van der Waals surface area (Å²) < 4.78 is 0. The monoisotopic (exact) mass is 652 g/mol. The van der Waals surface area contributed by atoms with Crippen LogP contribution in [0.1, 0.15) is 27.7 Å². The normalized spacial score (nSPS) is 20.1. The molecule has 0 aliphatic carbocycles. The number of rotatable bonds is 4. The number of amides is 4. The van der Waals surface area contributed by atoms with Crippen LogP contribution in [-0.2, 0) is 19.2 Å². The minimum atomic E-state index is 0.0862. The van der Waals surface area contributed by atoms with E-state index in [1.807, 2.05) is 86.4 Å². The van der Waals surface area contributed by atoms with Crippen LogP contribution >= 0.6 is 86.4 Å². The van der Waals surface area contributed by atoms with Crippen molar-refractivity contribution in [2.45, 2.75) is 51.9 Å². The van der Waals surface area contributed by atoms with E-state index in [1.54, 1.807) is 27.7 Å². The van der Waals surface area contributed by atoms with Crippen molar-refractivity contribution in [1.29, 1.82) is 0 Å². The van der Waals surface area contributed by atoms with Crippen molar-refractivity contribution in [3.05, 3.63) is 0 Å². The van der Waals surface area contributed by atoms with Gasteiger partial charge in [0.2, 0.25) is 23.6 Å². The van der Waals surface area contributed by atoms with Gasteiger partial charge in [0.15, 0.2) is 0 Å². The van der Waals surface area contributed by atoms with Crippen molar-refractivity contribution in [3.63, 3.8) is 0 Å². The van der Waals surface area contributed by atoms with Crippen LogP contribution in [0.3, 0.4) is 0 Å². The predicted octanol–water partition coefficient (Wildman–Crippen LogP) is 3.54. The largest absolute Gasteiger partial charge is 0.352 e. The molecule has 0 spiro atoms. The van der Waals surface area contributed by atoms with Gasteiger partial charge in [-0.3, -0.25) is 19.2 Å². The summed E-state index contributed by atoms with van der Waals surface area (Å²) >= 11 is 0. The van der Waals surface area contributed by atoms with E-state index in [0.29, 0.717) is 24.2 Å². The van der Waals surface area contributed by atoms with E-state index in [2.05, 4.69) is 21.3 Å². The van der Waals surface area contributed by atoms with E-state index >= 15 is 0 Å². The fourth-order valence-electron chi connectivity index (χ4n) is 2.72. The van der Waals surface area contributed by atoms with Crippen LogP contribution in [0.5, 0.6) is 0 Å². The Bertz CT molecular complexity index is 558. The molecule has 0 atom stereocenters. The topological polar surface area (TPSA) is 116 Å². The fourth-order valence-corrected chi connectivity index (χ4v) is 13.3. The predicted molar refractivity (Wildman–Crippen MR) is 170 cm³/mol. The Morgan fingerprint density at radius 1 is 0.389 bits per heavy atom. The zero-order chi connectivity index (χ0) is 26.8. The SMILES string of the molecule is CC(=O)NC1CSSC1.CC(=O)NC1CSSC1.CC(=O)NC1CSSC1.CC(=O)NC1CSSC1. The molecule has 16 heteroatoms. The second-order valence-electron chi connectivity index (χ2n) is 7.87. The average molecular weight is 653 g/mol. The van der Waals surface area contributed by atoms with E-state index in [9.17, 15) is 19.2 Å². The van der Waals surface area contributed by atoms with Crippen molar-refractivity contribution in [2.75, 3.05) is 46.0 Å². The Morgan fingerprint density at radius 3 is 0.639 bits per heavy atom. The maximum Gasteiger partial charge on any atom is 0.217 e. The molecular formula is C20H36N4O4S8. The zero-order valence-electron chi connectivity index (χ0n) is 20.9. The third-order valence-electron chi connectivity index (χ3n) is 4.12. The Labute approximate surface area is 246 Å². The Balaban J connectivity index is 0.000000240. The lowest BCUT2D eigenvalue weighted by molar-refractivity contribution is -0.120. The molecule has 0 aromatic heterocycles. The van der Waals surface area contributed by atoms with Gasteiger partial charge in [0.1, 0.15) is 0 Å². The van der Waals surface area contributed by atoms with Gasteiger partial charge >= 0.3 is 0 Å². The van der Waals surface area contributed by atoms with Gasteiger partial charge < -0.3 is 21.3 Å². The summed E-state index contributed by atoms with van der Waals surface area (Å²) in [6.07, 6.45) is 0. The minimum Gasteiger partial charge on any atom is -0.352 e. The van der Waals surface area contributed by atoms with Crippen LogP contribution in [0.15, 0.2) is 0 Å². The van der Waals surface area contributed by atoms with Gasteiger partial charge in [-0.25, -0.2) is 0 Å². The molecule has 8 nitrogen and oxygen atoms in total. The van der Waals surface area contributed by atoms with E-state index in [-0.39, 0.29) is 23.6 Å². The minimum absolute atomic E-state index is 0.0862. The van der Waals surface area contributed by atoms with Crippen LogP contribution < -0.4 is 21.3 Å². The highest BCUT2D eigenvalue weighted by molar-refractivity contribution is 8.78. The highest BCUT2D eigenvalue weighted by Gasteiger charge is 2.18. The van der Waals surface area contributed by atoms with E-state index in [0.717, 1.165) is 46.0 Å². The molecule has 4 amide bonds. The lowest BCUT2D eigenvalue weighted by atomic mass is 10.4. The number of hydrogen-bond acceptors (Lipinski definition) is 12. The molecule has 0 aromatic rings. The van der Waals surface area contributed by atoms with E-state index < -0.39 is 0 Å². The van der Waals surface area contributed by atoms with Crippen LogP contribution in [0.2, 0.25) is 0 Å². The first kappa shape index (κ1) is 34.7. The highest BCUT2D eigenvalue weighted by atomic mass is 33.1. The van der Waals surface area contributed by atoms with Crippen molar-refractivity contribution in [3.8, 4) is 0 Å². The van der Waals surface area contributed by atoms with Crippen LogP contribution in [0.4, 0.5) is 0 Å². The van der Waals surface area contributed by atoms with Crippen molar-refractivity contribution < 1.29 is 19.2 Å². The quantitative estimate of drug-likeness (QED) is 0.333. The van der Waals surface area contributed by atoms with Gasteiger partial charge in [-0.1, -0.05) is 86.4 Å². The van der Waals surface area contributed by atoms with Crippen LogP contribution in [0.25, 0.3) is 0 Å². The summed E-state index contributed by atoms with van der Waals surface area (Å²) in [5.74, 6) is 8.82. The van der Waals surface area contributed by atoms with Crippen molar-refractivity contribution in [2.24, 2.45) is 0 Å². The molecule has 4 aliphatic heterocycles. The number of hydrogen-bond donors (Lipinski definition) is 4. The smallest absolute Gasteiger partial charge is 0.217 e. The summed E-state index contributed by atoms with van der Waals surface area (Å²) in [5.41, 5.74) is 0. The lowest BCUT2D eigenvalue weighted by Crippen LogP contribution is -2.34. The Kier molecular flexibility index (Phi) is 20.7. The fraction of sp³-hybridized carbons (Fsp3) is 0.800. The third kappa shape index (κ3) is 19.7. The molecule has 4 aliphatic rings. The molecule has 0 radical (unpaired) electrons. The number of carbonyl (C=O) groups is 4. The van der Waals surface area contributed by atoms with E-state index in [4.69, 9.17) is 0 Å². The van der Waals surface area contributed by atoms with Crippen LogP contribution in [0, 0.1) is 0 Å². The number of nitrogens with one attached hydrogen (secondary N) is 4. The summed E-state index contributed by atoms with van der Waals surface area (Å²) in [6.45, 7) is 6.25. The molecule has 36 heavy (non-hydrogen) atoms. The van der Waals surface area contributed by atoms with Crippen LogP contribution in [-0.4, -0.2) is 93.8 Å². The summed E-state index contributed by atoms with van der Waals surface area (Å²) in [7, 11) is 14.6. The van der Waals surface area contributed by atoms with Crippen molar-refractivity contribution >= 4 is 110 Å². The summed E-state index contributed by atoms with van der Waals surface area (Å²) in [6, 6.07) is 1.66. The third-order valence-corrected chi connectivity index (χ3v) is 14.4. The summed E-state index contributed by atoms with van der Waals surface area (Å²) in [4.78, 5) is 41.9. The summed E-state index contributed by atoms with van der Waals surface area (Å²) in [5, 5.41) is 11.4. The molecule has 0 bridgehead atoms. The van der Waals surface area contributed by atoms with E-state index in [1.165, 1.54) is 0 Å². The molecule has 208 valence electrons. The second-order valence-corrected chi connectivity index (χ2v) is 18.1. The zero-order valence-corrected chi connectivity index (χ0v) is 27.4. The second kappa shape index (κ2) is 21.5. The maximum absolute atomic E-state index is 10.5. The molecule has 0 saturated carbocycles. The lowest BCUT2D eigenvalue weighted by Gasteiger charge is -2.06. The molecule has 4 saturated heterocycles. The van der Waals surface area contributed by atoms with Gasteiger partial charge in [-0.15, -0.1) is 0 Å². The molecule has 4 heterocycles. The van der Waals surface area contributed by atoms with Gasteiger partial charge in [0, 0.05) is 97.9 Å². The molecule has 4 N–H and O–H groups in total. The van der Waals surface area contributed by atoms with Gasteiger partial charge in [0.05, 0.1) is 0 Å². The maximum atomic E-state index is 10.5. The Morgan fingerprint density at radius 2 is 0.528 bits per heavy atom. The van der Waals surface area contributed by atoms with Crippen molar-refractivity contribution in [1.82, 2.24) is 21.3 Å². The number of carbonyl (C=O) groups excluding carboxylic acids is 4. The molecule has 4 fully saturated rings. The first-order valence-corrected chi connectivity index (χ1v) is 21.2.